The summed E-state index contributed by atoms with van der Waals surface area (Å²) in [6.45, 7) is 8.31. The van der Waals surface area contributed by atoms with Gasteiger partial charge in [0, 0.05) is 18.8 Å². The van der Waals surface area contributed by atoms with Gasteiger partial charge in [-0.15, -0.1) is 24.0 Å². The van der Waals surface area contributed by atoms with Gasteiger partial charge in [0.05, 0.1) is 19.9 Å². The molecule has 8 heteroatoms. The molecule has 0 aliphatic heterocycles. The molecule has 2 aromatic rings. The lowest BCUT2D eigenvalue weighted by Crippen LogP contribution is -2.38. The maximum Gasteiger partial charge on any atom is 0.191 e. The number of halogens is 1. The zero-order valence-electron chi connectivity index (χ0n) is 17.1. The lowest BCUT2D eigenvalue weighted by atomic mass is 10.1. The molecule has 0 radical (unpaired) electrons. The summed E-state index contributed by atoms with van der Waals surface area (Å²) < 4.78 is 11.3. The van der Waals surface area contributed by atoms with Crippen molar-refractivity contribution in [2.75, 3.05) is 26.7 Å². The average molecular weight is 501 g/mol. The van der Waals surface area contributed by atoms with Gasteiger partial charge in [0.2, 0.25) is 0 Å². The molecule has 7 nitrogen and oxygen atoms in total. The number of aryl methyl sites for hydroxylation is 2. The van der Waals surface area contributed by atoms with Crippen LogP contribution in [0.25, 0.3) is 0 Å². The Hall–Kier alpha value is -1.97. The third-order valence-electron chi connectivity index (χ3n) is 4.10. The molecule has 1 aromatic carbocycles. The van der Waals surface area contributed by atoms with E-state index in [0.717, 1.165) is 49.1 Å². The highest BCUT2D eigenvalue weighted by molar-refractivity contribution is 14.0. The van der Waals surface area contributed by atoms with Crippen molar-refractivity contribution in [3.8, 4) is 11.5 Å². The lowest BCUT2D eigenvalue weighted by Gasteiger charge is -2.16. The van der Waals surface area contributed by atoms with Crippen LogP contribution < -0.4 is 20.1 Å². The molecule has 156 valence electrons. The van der Waals surface area contributed by atoms with E-state index in [-0.39, 0.29) is 30.1 Å². The molecule has 1 unspecified atom stereocenters. The number of benzene rings is 1. The van der Waals surface area contributed by atoms with E-state index < -0.39 is 0 Å². The Morgan fingerprint density at radius 1 is 1.25 bits per heavy atom. The number of aliphatic imine (C=N–C) groups is 1. The van der Waals surface area contributed by atoms with Crippen LogP contribution in [-0.4, -0.2) is 49.0 Å². The molecule has 1 atom stereocenters. The number of aromatic nitrogens is 2. The number of guanidine groups is 1. The molecule has 0 spiro atoms. The fourth-order valence-electron chi connectivity index (χ4n) is 2.65. The molecule has 2 rings (SSSR count). The van der Waals surface area contributed by atoms with Crippen molar-refractivity contribution in [3.05, 3.63) is 41.7 Å². The third kappa shape index (κ3) is 7.95. The second-order valence-electron chi connectivity index (χ2n) is 6.35. The Kier molecular flexibility index (Phi) is 11.4. The quantitative estimate of drug-likeness (QED) is 0.202. The van der Waals surface area contributed by atoms with Crippen molar-refractivity contribution in [2.45, 2.75) is 39.7 Å². The molecule has 0 saturated carbocycles. The average Bonchev–Trinajstić information content (AvgIpc) is 3.08. The Balaban J connectivity index is 0.00000392. The molecule has 0 bridgehead atoms. The number of nitrogens with one attached hydrogen (secondary N) is 3. The highest BCUT2D eigenvalue weighted by atomic mass is 127. The van der Waals surface area contributed by atoms with Crippen LogP contribution in [0.5, 0.6) is 11.5 Å². The highest BCUT2D eigenvalue weighted by Crippen LogP contribution is 2.26. The van der Waals surface area contributed by atoms with Crippen LogP contribution in [0, 0.1) is 6.92 Å². The van der Waals surface area contributed by atoms with E-state index in [9.17, 15) is 0 Å². The first-order valence-corrected chi connectivity index (χ1v) is 9.44. The lowest BCUT2D eigenvalue weighted by molar-refractivity contribution is 0.219. The van der Waals surface area contributed by atoms with Gasteiger partial charge >= 0.3 is 0 Å². The maximum atomic E-state index is 5.95. The van der Waals surface area contributed by atoms with E-state index in [1.165, 1.54) is 5.56 Å². The van der Waals surface area contributed by atoms with Crippen LogP contribution in [-0.2, 0) is 6.42 Å². The van der Waals surface area contributed by atoms with Crippen molar-refractivity contribution in [2.24, 2.45) is 4.99 Å². The minimum Gasteiger partial charge on any atom is -0.493 e. The van der Waals surface area contributed by atoms with Crippen molar-refractivity contribution in [1.82, 2.24) is 20.8 Å². The summed E-state index contributed by atoms with van der Waals surface area (Å²) in [5.41, 5.74) is 2.40. The number of para-hydroxylation sites is 2. The van der Waals surface area contributed by atoms with Crippen LogP contribution in [0.1, 0.15) is 31.5 Å². The first-order valence-electron chi connectivity index (χ1n) is 9.44. The molecule has 0 amide bonds. The summed E-state index contributed by atoms with van der Waals surface area (Å²) in [6, 6.07) is 7.65. The number of rotatable bonds is 10. The van der Waals surface area contributed by atoms with Crippen LogP contribution in [0.3, 0.4) is 0 Å². The van der Waals surface area contributed by atoms with Gasteiger partial charge in [0.1, 0.15) is 6.10 Å². The molecule has 0 aliphatic carbocycles. The topological polar surface area (TPSA) is 83.6 Å². The van der Waals surface area contributed by atoms with Gasteiger partial charge in [-0.05, 0) is 51.3 Å². The SMILES string of the molecule is CCNC(=NCC(C)Oc1ccccc1OC)NCCCc1cn[nH]c1C.I. The maximum absolute atomic E-state index is 5.95. The van der Waals surface area contributed by atoms with Crippen molar-refractivity contribution in [1.29, 1.82) is 0 Å². The van der Waals surface area contributed by atoms with Gasteiger partial charge in [-0.1, -0.05) is 12.1 Å². The number of H-pyrrole nitrogens is 1. The van der Waals surface area contributed by atoms with Crippen LogP contribution in [0.15, 0.2) is 35.5 Å². The summed E-state index contributed by atoms with van der Waals surface area (Å²) in [7, 11) is 1.64. The largest absolute Gasteiger partial charge is 0.493 e. The Morgan fingerprint density at radius 3 is 2.64 bits per heavy atom. The monoisotopic (exact) mass is 501 g/mol. The number of hydrogen-bond donors (Lipinski definition) is 3. The molecule has 0 aliphatic rings. The predicted molar refractivity (Wildman–Crippen MR) is 124 cm³/mol. The van der Waals surface area contributed by atoms with Crippen LogP contribution >= 0.6 is 24.0 Å². The summed E-state index contributed by atoms with van der Waals surface area (Å²) >= 11 is 0. The zero-order valence-corrected chi connectivity index (χ0v) is 19.4. The van der Waals surface area contributed by atoms with E-state index in [2.05, 4.69) is 32.7 Å². The Morgan fingerprint density at radius 2 is 2.00 bits per heavy atom. The van der Waals surface area contributed by atoms with Crippen LogP contribution in [0.2, 0.25) is 0 Å². The number of aromatic amines is 1. The highest BCUT2D eigenvalue weighted by Gasteiger charge is 2.08. The minimum atomic E-state index is -0.0645. The van der Waals surface area contributed by atoms with Crippen LogP contribution in [0.4, 0.5) is 0 Å². The second kappa shape index (κ2) is 13.2. The number of nitrogens with zero attached hydrogens (tertiary/aromatic N) is 2. The number of ether oxygens (including phenoxy) is 2. The molecule has 1 heterocycles. The summed E-state index contributed by atoms with van der Waals surface area (Å²) in [5, 5.41) is 13.7. The van der Waals surface area contributed by atoms with E-state index in [1.54, 1.807) is 7.11 Å². The predicted octanol–water partition coefficient (Wildman–Crippen LogP) is 3.30. The smallest absolute Gasteiger partial charge is 0.191 e. The third-order valence-corrected chi connectivity index (χ3v) is 4.10. The molecule has 0 saturated heterocycles. The van der Waals surface area contributed by atoms with Gasteiger partial charge in [0.25, 0.3) is 0 Å². The standard InChI is InChI=1S/C20H31N5O2.HI/c1-5-21-20(22-12-8-9-17-14-24-25-16(17)3)23-13-15(2)27-19-11-7-6-10-18(19)26-4;/h6-7,10-11,14-15H,5,8-9,12-13H2,1-4H3,(H,24,25)(H2,21,22,23);1H. The fraction of sp³-hybridized carbons (Fsp3) is 0.500. The number of hydrogen-bond acceptors (Lipinski definition) is 4. The summed E-state index contributed by atoms with van der Waals surface area (Å²) in [5.74, 6) is 2.26. The second-order valence-corrected chi connectivity index (χ2v) is 6.35. The molecular formula is C20H32IN5O2. The first-order chi connectivity index (χ1) is 13.1. The normalized spacial score (nSPS) is 12.1. The van der Waals surface area contributed by atoms with E-state index in [1.807, 2.05) is 44.3 Å². The van der Waals surface area contributed by atoms with Gasteiger partial charge in [-0.2, -0.15) is 5.10 Å². The van der Waals surface area contributed by atoms with E-state index >= 15 is 0 Å². The van der Waals surface area contributed by atoms with Gasteiger partial charge in [-0.3, -0.25) is 5.10 Å². The first kappa shape index (κ1) is 24.1. The molecule has 28 heavy (non-hydrogen) atoms. The van der Waals surface area contributed by atoms with Gasteiger partial charge in [0.15, 0.2) is 17.5 Å². The molecule has 3 N–H and O–H groups in total. The van der Waals surface area contributed by atoms with Crippen molar-refractivity contribution in [3.63, 3.8) is 0 Å². The summed E-state index contributed by atoms with van der Waals surface area (Å²) in [4.78, 5) is 4.63. The van der Waals surface area contributed by atoms with Gasteiger partial charge in [-0.25, -0.2) is 4.99 Å². The fourth-order valence-corrected chi connectivity index (χ4v) is 2.65. The van der Waals surface area contributed by atoms with Crippen molar-refractivity contribution < 1.29 is 9.47 Å². The molecule has 1 aromatic heterocycles. The molecular weight excluding hydrogens is 469 g/mol. The van der Waals surface area contributed by atoms with Crippen molar-refractivity contribution >= 4 is 29.9 Å². The van der Waals surface area contributed by atoms with Gasteiger partial charge < -0.3 is 20.1 Å². The minimum absolute atomic E-state index is 0. The van der Waals surface area contributed by atoms with E-state index in [4.69, 9.17) is 9.47 Å². The Labute approximate surface area is 184 Å². The Bertz CT molecular complexity index is 720. The molecule has 0 fully saturated rings. The number of methoxy groups -OCH3 is 1. The summed E-state index contributed by atoms with van der Waals surface area (Å²) in [6.07, 6.45) is 3.83. The zero-order chi connectivity index (χ0) is 19.5. The van der Waals surface area contributed by atoms with E-state index in [0.29, 0.717) is 6.54 Å².